The Bertz CT molecular complexity index is 1050. The summed E-state index contributed by atoms with van der Waals surface area (Å²) in [5.41, 5.74) is 2.59. The Kier molecular flexibility index (Phi) is 5.58. The lowest BCUT2D eigenvalue weighted by atomic mass is 10.1. The lowest BCUT2D eigenvalue weighted by Gasteiger charge is -2.23. The number of hydrogen-bond donors (Lipinski definition) is 2. The summed E-state index contributed by atoms with van der Waals surface area (Å²) in [5.74, 6) is 2.80. The highest BCUT2D eigenvalue weighted by Gasteiger charge is 2.25. The summed E-state index contributed by atoms with van der Waals surface area (Å²) in [7, 11) is 1.73. The number of aromatic nitrogens is 2. The standard InChI is InChI=1S/C23H28N4O2S/c1-15(16-6-3-4-8-18(16)28-2)24-22-21-17-7-5-9-19(17)30-23(21)26-20(25-22)14-27-10-12-29-13-11-27/h3-4,6,8,15H,5,7,9-14H2,1-2H3,(H,24,25,26)/p+1/t15-/m0/s1. The first-order valence-corrected chi connectivity index (χ1v) is 11.7. The van der Waals surface area contributed by atoms with Gasteiger partial charge in [-0.2, -0.15) is 0 Å². The van der Waals surface area contributed by atoms with Crippen LogP contribution in [-0.4, -0.2) is 43.4 Å². The van der Waals surface area contributed by atoms with Gasteiger partial charge in [0.25, 0.3) is 0 Å². The zero-order valence-corrected chi connectivity index (χ0v) is 18.5. The van der Waals surface area contributed by atoms with Crippen molar-refractivity contribution in [3.8, 4) is 5.75 Å². The number of anilines is 1. The first kappa shape index (κ1) is 19.7. The summed E-state index contributed by atoms with van der Waals surface area (Å²) in [6.07, 6.45) is 3.53. The van der Waals surface area contributed by atoms with Gasteiger partial charge < -0.3 is 19.7 Å². The maximum absolute atomic E-state index is 5.59. The summed E-state index contributed by atoms with van der Waals surface area (Å²) < 4.78 is 11.1. The molecule has 1 atom stereocenters. The first-order chi connectivity index (χ1) is 14.7. The van der Waals surface area contributed by atoms with Crippen molar-refractivity contribution in [3.05, 3.63) is 46.1 Å². The van der Waals surface area contributed by atoms with Crippen LogP contribution in [0.3, 0.4) is 0 Å². The second-order valence-corrected chi connectivity index (χ2v) is 9.26. The van der Waals surface area contributed by atoms with Gasteiger partial charge in [-0.25, -0.2) is 9.97 Å². The highest BCUT2D eigenvalue weighted by atomic mass is 32.1. The zero-order chi connectivity index (χ0) is 20.5. The van der Waals surface area contributed by atoms with Crippen molar-refractivity contribution in [3.63, 3.8) is 0 Å². The maximum atomic E-state index is 5.59. The van der Waals surface area contributed by atoms with Gasteiger partial charge in [0.15, 0.2) is 5.82 Å². The molecule has 2 aromatic heterocycles. The topological polar surface area (TPSA) is 60.7 Å². The van der Waals surface area contributed by atoms with Crippen LogP contribution in [0.15, 0.2) is 24.3 Å². The number of morpholine rings is 1. The molecule has 1 aliphatic carbocycles. The van der Waals surface area contributed by atoms with E-state index in [0.29, 0.717) is 0 Å². The van der Waals surface area contributed by atoms with Crippen molar-refractivity contribution in [1.29, 1.82) is 0 Å². The average molecular weight is 426 g/mol. The average Bonchev–Trinajstić information content (AvgIpc) is 3.35. The molecule has 0 spiro atoms. The molecule has 0 amide bonds. The number of nitrogens with zero attached hydrogens (tertiary/aromatic N) is 2. The summed E-state index contributed by atoms with van der Waals surface area (Å²) >= 11 is 1.86. The number of fused-ring (bicyclic) bond motifs is 3. The van der Waals surface area contributed by atoms with E-state index in [1.54, 1.807) is 7.11 Å². The number of rotatable bonds is 6. The minimum absolute atomic E-state index is 0.0831. The molecule has 0 radical (unpaired) electrons. The van der Waals surface area contributed by atoms with Gasteiger partial charge in [-0.15, -0.1) is 11.3 Å². The lowest BCUT2D eigenvalue weighted by molar-refractivity contribution is -0.922. The van der Waals surface area contributed by atoms with Gasteiger partial charge in [0.2, 0.25) is 0 Å². The molecular weight excluding hydrogens is 396 g/mol. The fraction of sp³-hybridized carbons (Fsp3) is 0.478. The largest absolute Gasteiger partial charge is 0.496 e. The van der Waals surface area contributed by atoms with Crippen LogP contribution in [0.4, 0.5) is 5.82 Å². The second kappa shape index (κ2) is 8.49. The molecule has 3 heterocycles. The number of aryl methyl sites for hydroxylation is 2. The van der Waals surface area contributed by atoms with E-state index in [4.69, 9.17) is 19.4 Å². The molecule has 5 rings (SSSR count). The number of ether oxygens (including phenoxy) is 2. The third-order valence-electron chi connectivity index (χ3n) is 6.18. The smallest absolute Gasteiger partial charge is 0.187 e. The quantitative estimate of drug-likeness (QED) is 0.636. The maximum Gasteiger partial charge on any atom is 0.187 e. The van der Waals surface area contributed by atoms with Gasteiger partial charge in [-0.1, -0.05) is 18.2 Å². The first-order valence-electron chi connectivity index (χ1n) is 10.8. The van der Waals surface area contributed by atoms with E-state index >= 15 is 0 Å². The van der Waals surface area contributed by atoms with Crippen molar-refractivity contribution in [1.82, 2.24) is 9.97 Å². The minimum Gasteiger partial charge on any atom is -0.496 e. The lowest BCUT2D eigenvalue weighted by Crippen LogP contribution is -3.12. The number of thiophene rings is 1. The molecule has 0 unspecified atom stereocenters. The number of nitrogens with one attached hydrogen (secondary N) is 2. The van der Waals surface area contributed by atoms with E-state index in [2.05, 4.69) is 24.4 Å². The van der Waals surface area contributed by atoms with Gasteiger partial charge in [-0.3, -0.25) is 0 Å². The van der Waals surface area contributed by atoms with Gasteiger partial charge in [0.05, 0.1) is 31.8 Å². The van der Waals surface area contributed by atoms with Gasteiger partial charge in [0, 0.05) is 10.4 Å². The molecule has 6 nitrogen and oxygen atoms in total. The summed E-state index contributed by atoms with van der Waals surface area (Å²) in [6, 6.07) is 8.28. The van der Waals surface area contributed by atoms with E-state index in [-0.39, 0.29) is 6.04 Å². The monoisotopic (exact) mass is 425 g/mol. The highest BCUT2D eigenvalue weighted by Crippen LogP contribution is 2.40. The molecule has 0 bridgehead atoms. The molecule has 1 saturated heterocycles. The molecule has 7 heteroatoms. The van der Waals surface area contributed by atoms with Crippen molar-refractivity contribution in [2.24, 2.45) is 0 Å². The van der Waals surface area contributed by atoms with Crippen LogP contribution in [-0.2, 0) is 24.1 Å². The van der Waals surface area contributed by atoms with E-state index < -0.39 is 0 Å². The molecule has 2 N–H and O–H groups in total. The molecule has 2 aliphatic rings. The second-order valence-electron chi connectivity index (χ2n) is 8.17. The van der Waals surface area contributed by atoms with Crippen LogP contribution >= 0.6 is 11.3 Å². The Hall–Kier alpha value is -2.22. The van der Waals surface area contributed by atoms with Crippen molar-refractivity contribution in [2.75, 3.05) is 38.7 Å². The third-order valence-corrected chi connectivity index (χ3v) is 7.36. The molecule has 3 aromatic rings. The van der Waals surface area contributed by atoms with Crippen LogP contribution in [0.5, 0.6) is 5.75 Å². The molecule has 158 valence electrons. The van der Waals surface area contributed by atoms with Crippen LogP contribution in [0.25, 0.3) is 10.2 Å². The summed E-state index contributed by atoms with van der Waals surface area (Å²) in [5, 5.41) is 4.94. The highest BCUT2D eigenvalue weighted by molar-refractivity contribution is 7.19. The summed E-state index contributed by atoms with van der Waals surface area (Å²) in [4.78, 5) is 14.2. The van der Waals surface area contributed by atoms with E-state index in [1.807, 2.05) is 23.5 Å². The molecule has 1 fully saturated rings. The Balaban J connectivity index is 1.51. The van der Waals surface area contributed by atoms with Crippen molar-refractivity contribution >= 4 is 27.4 Å². The predicted molar refractivity (Wildman–Crippen MR) is 120 cm³/mol. The Labute approximate surface area is 181 Å². The number of benzene rings is 1. The van der Waals surface area contributed by atoms with Crippen LogP contribution in [0, 0.1) is 0 Å². The molecule has 0 saturated carbocycles. The number of para-hydroxylation sites is 1. The Morgan fingerprint density at radius 1 is 1.20 bits per heavy atom. The van der Waals surface area contributed by atoms with E-state index in [9.17, 15) is 0 Å². The molecular formula is C23H29N4O2S+. The number of hydrogen-bond acceptors (Lipinski definition) is 6. The third kappa shape index (κ3) is 3.77. The van der Waals surface area contributed by atoms with Gasteiger partial charge >= 0.3 is 0 Å². The molecule has 1 aromatic carbocycles. The van der Waals surface area contributed by atoms with Crippen LogP contribution in [0.1, 0.15) is 41.2 Å². The number of quaternary nitrogens is 1. The van der Waals surface area contributed by atoms with E-state index in [0.717, 1.165) is 67.1 Å². The Morgan fingerprint density at radius 2 is 2.03 bits per heavy atom. The van der Waals surface area contributed by atoms with Crippen LogP contribution in [0.2, 0.25) is 0 Å². The van der Waals surface area contributed by atoms with Gasteiger partial charge in [0.1, 0.15) is 36.0 Å². The zero-order valence-electron chi connectivity index (χ0n) is 17.7. The normalized spacial score (nSPS) is 17.8. The van der Waals surface area contributed by atoms with Crippen molar-refractivity contribution in [2.45, 2.75) is 38.8 Å². The van der Waals surface area contributed by atoms with Crippen LogP contribution < -0.4 is 15.0 Å². The molecule has 30 heavy (non-hydrogen) atoms. The van der Waals surface area contributed by atoms with E-state index in [1.165, 1.54) is 33.6 Å². The van der Waals surface area contributed by atoms with Gasteiger partial charge in [-0.05, 0) is 37.8 Å². The fourth-order valence-corrected chi connectivity index (χ4v) is 5.87. The predicted octanol–water partition coefficient (Wildman–Crippen LogP) is 2.78. The number of methoxy groups -OCH3 is 1. The summed E-state index contributed by atoms with van der Waals surface area (Å²) in [6.45, 7) is 6.69. The molecule has 1 aliphatic heterocycles. The van der Waals surface area contributed by atoms with Crippen molar-refractivity contribution < 1.29 is 14.4 Å². The SMILES string of the molecule is COc1ccccc1[C@H](C)Nc1nc(C[NH+]2CCOCC2)nc2sc3c(c12)CCC3. The minimum atomic E-state index is 0.0831. The fourth-order valence-electron chi connectivity index (χ4n) is 4.59. The Morgan fingerprint density at radius 3 is 2.87 bits per heavy atom.